The van der Waals surface area contributed by atoms with E-state index < -0.39 is 11.9 Å². The van der Waals surface area contributed by atoms with Crippen molar-refractivity contribution in [2.24, 2.45) is 5.41 Å². The monoisotopic (exact) mass is 329 g/mol. The van der Waals surface area contributed by atoms with Crippen molar-refractivity contribution in [3.63, 3.8) is 0 Å². The SMILES string of the molecule is CCO[C@H]1C[C@@H](Nc2nccc(C(F)(F)F)n2)C12CCCCC2. The van der Waals surface area contributed by atoms with Gasteiger partial charge in [-0.1, -0.05) is 19.3 Å². The molecule has 1 spiro atoms. The fourth-order valence-corrected chi connectivity index (χ4v) is 4.01. The standard InChI is InChI=1S/C16H22F3N3O/c1-2-23-13-10-12(15(13)7-4-3-5-8-15)22-14-20-9-6-11(21-14)16(17,18)19/h6,9,12-13H,2-5,7-8,10H2,1H3,(H,20,21,22)/t12-,13+/m1/s1. The lowest BCUT2D eigenvalue weighted by Gasteiger charge is -2.57. The predicted octanol–water partition coefficient (Wildman–Crippen LogP) is 4.04. The second-order valence-corrected chi connectivity index (χ2v) is 6.43. The first-order valence-electron chi connectivity index (χ1n) is 8.24. The summed E-state index contributed by atoms with van der Waals surface area (Å²) in [4.78, 5) is 7.59. The molecule has 0 saturated heterocycles. The van der Waals surface area contributed by atoms with Gasteiger partial charge in [-0.15, -0.1) is 0 Å². The molecular formula is C16H22F3N3O. The minimum atomic E-state index is -4.45. The predicted molar refractivity (Wildman–Crippen MR) is 80.0 cm³/mol. The van der Waals surface area contributed by atoms with Gasteiger partial charge in [0.1, 0.15) is 5.69 Å². The van der Waals surface area contributed by atoms with Gasteiger partial charge in [-0.25, -0.2) is 9.97 Å². The maximum Gasteiger partial charge on any atom is 0.433 e. The Morgan fingerprint density at radius 2 is 2.04 bits per heavy atom. The van der Waals surface area contributed by atoms with E-state index in [2.05, 4.69) is 15.3 Å². The van der Waals surface area contributed by atoms with Crippen LogP contribution in [0.1, 0.15) is 51.1 Å². The average Bonchev–Trinajstić information content (AvgIpc) is 2.54. The summed E-state index contributed by atoms with van der Waals surface area (Å²) in [6.07, 6.45) is 3.30. The topological polar surface area (TPSA) is 47.0 Å². The van der Waals surface area contributed by atoms with Crippen LogP contribution in [0, 0.1) is 5.41 Å². The highest BCUT2D eigenvalue weighted by molar-refractivity contribution is 5.32. The Kier molecular flexibility index (Phi) is 4.49. The smallest absolute Gasteiger partial charge is 0.378 e. The lowest BCUT2D eigenvalue weighted by molar-refractivity contribution is -0.141. The number of halogens is 3. The highest BCUT2D eigenvalue weighted by Crippen LogP contribution is 2.54. The van der Waals surface area contributed by atoms with Crippen LogP contribution in [0.4, 0.5) is 19.1 Å². The zero-order chi connectivity index (χ0) is 16.5. The largest absolute Gasteiger partial charge is 0.433 e. The van der Waals surface area contributed by atoms with Crippen LogP contribution >= 0.6 is 0 Å². The van der Waals surface area contributed by atoms with Gasteiger partial charge in [-0.05, 0) is 32.3 Å². The number of rotatable bonds is 4. The zero-order valence-corrected chi connectivity index (χ0v) is 13.2. The van der Waals surface area contributed by atoms with E-state index in [1.807, 2.05) is 6.92 Å². The van der Waals surface area contributed by atoms with Crippen molar-refractivity contribution in [2.75, 3.05) is 11.9 Å². The highest BCUT2D eigenvalue weighted by atomic mass is 19.4. The average molecular weight is 329 g/mol. The molecule has 0 radical (unpaired) electrons. The summed E-state index contributed by atoms with van der Waals surface area (Å²) in [5.41, 5.74) is -0.889. The van der Waals surface area contributed by atoms with Crippen LogP contribution in [-0.2, 0) is 10.9 Å². The number of hydrogen-bond donors (Lipinski definition) is 1. The van der Waals surface area contributed by atoms with Crippen LogP contribution in [0.3, 0.4) is 0 Å². The van der Waals surface area contributed by atoms with Gasteiger partial charge in [0.25, 0.3) is 0 Å². The van der Waals surface area contributed by atoms with Gasteiger partial charge in [-0.3, -0.25) is 0 Å². The molecule has 0 unspecified atom stereocenters. The van der Waals surface area contributed by atoms with Crippen LogP contribution in [-0.4, -0.2) is 28.7 Å². The lowest BCUT2D eigenvalue weighted by Crippen LogP contribution is -2.62. The van der Waals surface area contributed by atoms with Gasteiger partial charge in [0, 0.05) is 24.3 Å². The molecule has 0 amide bonds. The molecule has 2 atom stereocenters. The van der Waals surface area contributed by atoms with Crippen LogP contribution < -0.4 is 5.32 Å². The molecule has 2 fully saturated rings. The van der Waals surface area contributed by atoms with E-state index in [-0.39, 0.29) is 23.5 Å². The Hall–Kier alpha value is -1.37. The van der Waals surface area contributed by atoms with Crippen LogP contribution in [0.5, 0.6) is 0 Å². The molecule has 3 rings (SSSR count). The van der Waals surface area contributed by atoms with E-state index in [1.54, 1.807) is 0 Å². The van der Waals surface area contributed by atoms with Crippen molar-refractivity contribution in [2.45, 2.75) is 63.8 Å². The quantitative estimate of drug-likeness (QED) is 0.906. The minimum absolute atomic E-state index is 0.0197. The molecule has 2 aliphatic carbocycles. The first-order valence-corrected chi connectivity index (χ1v) is 8.24. The summed E-state index contributed by atoms with van der Waals surface area (Å²) < 4.78 is 44.2. The first-order chi connectivity index (χ1) is 11.0. The molecule has 2 aliphatic rings. The molecule has 0 aromatic carbocycles. The third-order valence-corrected chi connectivity index (χ3v) is 5.19. The van der Waals surface area contributed by atoms with Crippen LogP contribution in [0.2, 0.25) is 0 Å². The van der Waals surface area contributed by atoms with Crippen LogP contribution in [0.15, 0.2) is 12.3 Å². The summed E-state index contributed by atoms with van der Waals surface area (Å²) in [5.74, 6) is 0.0599. The molecule has 0 aliphatic heterocycles. The molecule has 4 nitrogen and oxygen atoms in total. The van der Waals surface area contributed by atoms with Gasteiger partial charge >= 0.3 is 6.18 Å². The first kappa shape index (κ1) is 16.5. The summed E-state index contributed by atoms with van der Waals surface area (Å²) >= 11 is 0. The zero-order valence-electron chi connectivity index (χ0n) is 13.2. The molecule has 7 heteroatoms. The number of anilines is 1. The van der Waals surface area contributed by atoms with Crippen molar-refractivity contribution in [1.82, 2.24) is 9.97 Å². The highest BCUT2D eigenvalue weighted by Gasteiger charge is 2.55. The summed E-state index contributed by atoms with van der Waals surface area (Å²) in [6, 6.07) is 0.980. The number of ether oxygens (including phenoxy) is 1. The van der Waals surface area contributed by atoms with Crippen molar-refractivity contribution in [3.05, 3.63) is 18.0 Å². The Morgan fingerprint density at radius 3 is 2.70 bits per heavy atom. The number of hydrogen-bond acceptors (Lipinski definition) is 4. The van der Waals surface area contributed by atoms with E-state index in [0.717, 1.165) is 44.4 Å². The van der Waals surface area contributed by atoms with Gasteiger partial charge in [-0.2, -0.15) is 13.2 Å². The van der Waals surface area contributed by atoms with E-state index in [0.29, 0.717) is 6.61 Å². The van der Waals surface area contributed by atoms with E-state index in [1.165, 1.54) is 6.42 Å². The fraction of sp³-hybridized carbons (Fsp3) is 0.750. The Morgan fingerprint density at radius 1 is 1.30 bits per heavy atom. The molecule has 1 aromatic rings. The normalized spacial score (nSPS) is 26.8. The third kappa shape index (κ3) is 3.16. The van der Waals surface area contributed by atoms with Gasteiger partial charge in [0.2, 0.25) is 5.95 Å². The summed E-state index contributed by atoms with van der Waals surface area (Å²) in [6.45, 7) is 2.65. The Labute approximate surface area is 133 Å². The number of alkyl halides is 3. The molecule has 23 heavy (non-hydrogen) atoms. The van der Waals surface area contributed by atoms with Crippen LogP contribution in [0.25, 0.3) is 0 Å². The molecule has 128 valence electrons. The van der Waals surface area contributed by atoms with Gasteiger partial charge in [0.15, 0.2) is 0 Å². The third-order valence-electron chi connectivity index (χ3n) is 5.19. The molecule has 1 heterocycles. The number of nitrogens with zero attached hydrogens (tertiary/aromatic N) is 2. The molecule has 1 N–H and O–H groups in total. The second kappa shape index (κ2) is 6.26. The lowest BCUT2D eigenvalue weighted by atomic mass is 9.55. The molecule has 1 aromatic heterocycles. The van der Waals surface area contributed by atoms with Crippen molar-refractivity contribution >= 4 is 5.95 Å². The fourth-order valence-electron chi connectivity index (χ4n) is 4.01. The number of aromatic nitrogens is 2. The Bertz CT molecular complexity index is 544. The van der Waals surface area contributed by atoms with E-state index >= 15 is 0 Å². The summed E-state index contributed by atoms with van der Waals surface area (Å²) in [7, 11) is 0. The van der Waals surface area contributed by atoms with Crippen molar-refractivity contribution < 1.29 is 17.9 Å². The maximum atomic E-state index is 12.8. The van der Waals surface area contributed by atoms with Crippen molar-refractivity contribution in [1.29, 1.82) is 0 Å². The maximum absolute atomic E-state index is 12.8. The summed E-state index contributed by atoms with van der Waals surface area (Å²) in [5, 5.41) is 3.14. The van der Waals surface area contributed by atoms with E-state index in [9.17, 15) is 13.2 Å². The number of nitrogens with one attached hydrogen (secondary N) is 1. The van der Waals surface area contributed by atoms with Gasteiger partial charge in [0.05, 0.1) is 6.10 Å². The van der Waals surface area contributed by atoms with Gasteiger partial charge < -0.3 is 10.1 Å². The molecular weight excluding hydrogens is 307 g/mol. The van der Waals surface area contributed by atoms with Crippen molar-refractivity contribution in [3.8, 4) is 0 Å². The Balaban J connectivity index is 1.75. The second-order valence-electron chi connectivity index (χ2n) is 6.43. The molecule has 0 bridgehead atoms. The molecule has 2 saturated carbocycles. The van der Waals surface area contributed by atoms with E-state index in [4.69, 9.17) is 4.74 Å². The minimum Gasteiger partial charge on any atom is -0.378 e.